The van der Waals surface area contributed by atoms with Crippen molar-refractivity contribution in [2.75, 3.05) is 25.0 Å². The Hall–Kier alpha value is -1.88. The van der Waals surface area contributed by atoms with E-state index in [0.29, 0.717) is 23.8 Å². The molecule has 0 bridgehead atoms. The van der Waals surface area contributed by atoms with Gasteiger partial charge in [-0.3, -0.25) is 14.5 Å². The minimum absolute atomic E-state index is 0.0941. The topological polar surface area (TPSA) is 61.4 Å². The molecular weight excluding hydrogens is 266 g/mol. The van der Waals surface area contributed by atoms with Crippen molar-refractivity contribution in [3.05, 3.63) is 29.8 Å². The number of hydrogen-bond acceptors (Lipinski definition) is 3. The molecule has 0 radical (unpaired) electrons. The van der Waals surface area contributed by atoms with Crippen molar-refractivity contribution in [2.24, 2.45) is 0 Å². The number of amides is 2. The molecule has 1 aromatic rings. The van der Waals surface area contributed by atoms with Crippen LogP contribution in [-0.4, -0.2) is 42.4 Å². The SMILES string of the molecule is CCN(CC)[C@H](C)CNC(=O)c1ccc(NC(C)=O)cc1. The highest BCUT2D eigenvalue weighted by molar-refractivity contribution is 5.95. The molecule has 2 N–H and O–H groups in total. The number of likely N-dealkylation sites (N-methyl/N-ethyl adjacent to an activating group) is 1. The van der Waals surface area contributed by atoms with Crippen LogP contribution in [0.3, 0.4) is 0 Å². The van der Waals surface area contributed by atoms with Crippen LogP contribution in [0, 0.1) is 0 Å². The van der Waals surface area contributed by atoms with Crippen LogP contribution >= 0.6 is 0 Å². The Bertz CT molecular complexity index is 467. The van der Waals surface area contributed by atoms with Gasteiger partial charge in [0.05, 0.1) is 0 Å². The van der Waals surface area contributed by atoms with Crippen LogP contribution in [0.5, 0.6) is 0 Å². The molecule has 116 valence electrons. The lowest BCUT2D eigenvalue weighted by molar-refractivity contribution is -0.114. The molecule has 0 unspecified atom stereocenters. The maximum Gasteiger partial charge on any atom is 0.251 e. The number of rotatable bonds is 7. The van der Waals surface area contributed by atoms with E-state index < -0.39 is 0 Å². The predicted octanol–water partition coefficient (Wildman–Crippen LogP) is 2.11. The number of anilines is 1. The molecule has 0 saturated heterocycles. The Morgan fingerprint density at radius 1 is 1.14 bits per heavy atom. The van der Waals surface area contributed by atoms with Crippen LogP contribution in [0.15, 0.2) is 24.3 Å². The summed E-state index contributed by atoms with van der Waals surface area (Å²) >= 11 is 0. The fourth-order valence-corrected chi connectivity index (χ4v) is 2.23. The second-order valence-electron chi connectivity index (χ2n) is 5.04. The van der Waals surface area contributed by atoms with Crippen molar-refractivity contribution < 1.29 is 9.59 Å². The molecule has 0 aromatic heterocycles. The third kappa shape index (κ3) is 5.55. The Morgan fingerprint density at radius 3 is 2.19 bits per heavy atom. The number of carbonyl (C=O) groups is 2. The Morgan fingerprint density at radius 2 is 1.71 bits per heavy atom. The summed E-state index contributed by atoms with van der Waals surface area (Å²) in [6.45, 7) is 10.3. The van der Waals surface area contributed by atoms with Gasteiger partial charge in [-0.25, -0.2) is 0 Å². The molecule has 0 aliphatic rings. The second kappa shape index (κ2) is 8.42. The average Bonchev–Trinajstić information content (AvgIpc) is 2.46. The number of nitrogens with one attached hydrogen (secondary N) is 2. The van der Waals surface area contributed by atoms with Crippen LogP contribution < -0.4 is 10.6 Å². The summed E-state index contributed by atoms with van der Waals surface area (Å²) in [5.74, 6) is -0.219. The van der Waals surface area contributed by atoms with Gasteiger partial charge in [0, 0.05) is 30.8 Å². The number of hydrogen-bond donors (Lipinski definition) is 2. The van der Waals surface area contributed by atoms with Gasteiger partial charge in [-0.1, -0.05) is 13.8 Å². The molecule has 5 heteroatoms. The van der Waals surface area contributed by atoms with Gasteiger partial charge in [-0.15, -0.1) is 0 Å². The zero-order chi connectivity index (χ0) is 15.8. The zero-order valence-corrected chi connectivity index (χ0v) is 13.3. The van der Waals surface area contributed by atoms with E-state index in [1.165, 1.54) is 6.92 Å². The molecule has 5 nitrogen and oxygen atoms in total. The second-order valence-corrected chi connectivity index (χ2v) is 5.04. The van der Waals surface area contributed by atoms with Crippen molar-refractivity contribution in [2.45, 2.75) is 33.7 Å². The van der Waals surface area contributed by atoms with E-state index in [9.17, 15) is 9.59 Å². The molecule has 0 aliphatic heterocycles. The molecule has 1 rings (SSSR count). The zero-order valence-electron chi connectivity index (χ0n) is 13.3. The normalized spacial score (nSPS) is 12.0. The number of carbonyl (C=O) groups excluding carboxylic acids is 2. The van der Waals surface area contributed by atoms with Crippen LogP contribution in [0.4, 0.5) is 5.69 Å². The van der Waals surface area contributed by atoms with Gasteiger partial charge in [-0.2, -0.15) is 0 Å². The number of benzene rings is 1. The maximum absolute atomic E-state index is 12.1. The van der Waals surface area contributed by atoms with Gasteiger partial charge in [0.15, 0.2) is 0 Å². The van der Waals surface area contributed by atoms with Gasteiger partial charge in [0.25, 0.3) is 5.91 Å². The Balaban J connectivity index is 2.54. The lowest BCUT2D eigenvalue weighted by Crippen LogP contribution is -2.42. The van der Waals surface area contributed by atoms with Crippen LogP contribution in [-0.2, 0) is 4.79 Å². The summed E-state index contributed by atoms with van der Waals surface area (Å²) in [6, 6.07) is 7.18. The maximum atomic E-state index is 12.1. The fourth-order valence-electron chi connectivity index (χ4n) is 2.23. The highest BCUT2D eigenvalue weighted by Gasteiger charge is 2.12. The molecule has 0 saturated carbocycles. The van der Waals surface area contributed by atoms with E-state index in [4.69, 9.17) is 0 Å². The average molecular weight is 291 g/mol. The van der Waals surface area contributed by atoms with Crippen molar-refractivity contribution in [1.82, 2.24) is 10.2 Å². The van der Waals surface area contributed by atoms with Gasteiger partial charge in [-0.05, 0) is 44.3 Å². The van der Waals surface area contributed by atoms with E-state index in [-0.39, 0.29) is 11.8 Å². The van der Waals surface area contributed by atoms with Crippen molar-refractivity contribution in [3.63, 3.8) is 0 Å². The molecule has 0 heterocycles. The van der Waals surface area contributed by atoms with Gasteiger partial charge in [0.2, 0.25) is 5.91 Å². The first-order chi connectivity index (χ1) is 9.97. The van der Waals surface area contributed by atoms with Crippen molar-refractivity contribution in [3.8, 4) is 0 Å². The molecule has 21 heavy (non-hydrogen) atoms. The van der Waals surface area contributed by atoms with E-state index in [0.717, 1.165) is 13.1 Å². The summed E-state index contributed by atoms with van der Waals surface area (Å²) in [5, 5.41) is 5.61. The third-order valence-corrected chi connectivity index (χ3v) is 3.46. The minimum Gasteiger partial charge on any atom is -0.350 e. The first-order valence-electron chi connectivity index (χ1n) is 7.37. The first-order valence-corrected chi connectivity index (χ1v) is 7.37. The minimum atomic E-state index is -0.125. The third-order valence-electron chi connectivity index (χ3n) is 3.46. The molecule has 0 fully saturated rings. The van der Waals surface area contributed by atoms with Crippen LogP contribution in [0.1, 0.15) is 38.1 Å². The van der Waals surface area contributed by atoms with Crippen molar-refractivity contribution in [1.29, 1.82) is 0 Å². The first kappa shape index (κ1) is 17.2. The van der Waals surface area contributed by atoms with Gasteiger partial charge < -0.3 is 10.6 Å². The summed E-state index contributed by atoms with van der Waals surface area (Å²) < 4.78 is 0. The quantitative estimate of drug-likeness (QED) is 0.809. The van der Waals surface area contributed by atoms with E-state index in [2.05, 4.69) is 36.3 Å². The van der Waals surface area contributed by atoms with E-state index in [1.54, 1.807) is 24.3 Å². The molecule has 0 aliphatic carbocycles. The summed E-state index contributed by atoms with van der Waals surface area (Å²) in [7, 11) is 0. The standard InChI is InChI=1S/C16H25N3O2/c1-5-19(6-2)12(3)11-17-16(21)14-7-9-15(10-8-14)18-13(4)20/h7-10,12H,5-6,11H2,1-4H3,(H,17,21)(H,18,20)/t12-/m1/s1. The lowest BCUT2D eigenvalue weighted by Gasteiger charge is -2.26. The molecular formula is C16H25N3O2. The molecule has 1 atom stereocenters. The monoisotopic (exact) mass is 291 g/mol. The summed E-state index contributed by atoms with van der Waals surface area (Å²) in [6.07, 6.45) is 0. The summed E-state index contributed by atoms with van der Waals surface area (Å²) in [5.41, 5.74) is 1.28. The molecule has 1 aromatic carbocycles. The van der Waals surface area contributed by atoms with Crippen LogP contribution in [0.25, 0.3) is 0 Å². The smallest absolute Gasteiger partial charge is 0.251 e. The Labute approximate surface area is 126 Å². The van der Waals surface area contributed by atoms with Crippen LogP contribution in [0.2, 0.25) is 0 Å². The molecule has 0 spiro atoms. The Kier molecular flexibility index (Phi) is 6.88. The van der Waals surface area contributed by atoms with Gasteiger partial charge >= 0.3 is 0 Å². The highest BCUT2D eigenvalue weighted by Crippen LogP contribution is 2.09. The predicted molar refractivity (Wildman–Crippen MR) is 85.5 cm³/mol. The van der Waals surface area contributed by atoms with E-state index >= 15 is 0 Å². The lowest BCUT2D eigenvalue weighted by atomic mass is 10.2. The van der Waals surface area contributed by atoms with Crippen molar-refractivity contribution >= 4 is 17.5 Å². The largest absolute Gasteiger partial charge is 0.350 e. The fraction of sp³-hybridized carbons (Fsp3) is 0.500. The van der Waals surface area contributed by atoms with E-state index in [1.807, 2.05) is 0 Å². The summed E-state index contributed by atoms with van der Waals surface area (Å²) in [4.78, 5) is 25.3. The molecule has 2 amide bonds. The van der Waals surface area contributed by atoms with Gasteiger partial charge in [0.1, 0.15) is 0 Å². The highest BCUT2D eigenvalue weighted by atomic mass is 16.2. The number of nitrogens with zero attached hydrogens (tertiary/aromatic N) is 1.